The lowest BCUT2D eigenvalue weighted by Crippen LogP contribution is -2.50. The quantitative estimate of drug-likeness (QED) is 0.240. The number of benzene rings is 2. The third kappa shape index (κ3) is 6.67. The Bertz CT molecular complexity index is 1440. The lowest BCUT2D eigenvalue weighted by atomic mass is 10.0. The Kier molecular flexibility index (Phi) is 8.69. The van der Waals surface area contributed by atoms with E-state index >= 15 is 0 Å². The number of nitro benzene ring substituents is 1. The van der Waals surface area contributed by atoms with Crippen LogP contribution in [0.2, 0.25) is 0 Å². The molecule has 1 atom stereocenters. The number of fused-ring (bicyclic) bond motifs is 1. The highest BCUT2D eigenvalue weighted by Gasteiger charge is 2.33. The number of aryl methyl sites for hydroxylation is 1. The van der Waals surface area contributed by atoms with Crippen LogP contribution in [0.1, 0.15) is 62.0 Å². The van der Waals surface area contributed by atoms with Crippen molar-refractivity contribution in [3.8, 4) is 11.5 Å². The Morgan fingerprint density at radius 1 is 1.00 bits per heavy atom. The van der Waals surface area contributed by atoms with E-state index in [2.05, 4.69) is 25.3 Å². The minimum Gasteiger partial charge on any atom is -0.493 e. The van der Waals surface area contributed by atoms with Gasteiger partial charge in [-0.05, 0) is 57.2 Å². The molecular weight excluding hydrogens is 553 g/mol. The molecule has 0 saturated carbocycles. The first-order valence-electron chi connectivity index (χ1n) is 14.2. The van der Waals surface area contributed by atoms with E-state index in [1.54, 1.807) is 33.1 Å². The maximum absolute atomic E-state index is 13.5. The SMILES string of the molecule is COc1cc2nc(C)nc(N[C@H](C)c3cc([N+](=O)[O-])cc(C(F)(F)F)c3)c2cc1OC1CCN(N2CCCCC2)CC1. The van der Waals surface area contributed by atoms with Gasteiger partial charge in [-0.3, -0.25) is 10.1 Å². The summed E-state index contributed by atoms with van der Waals surface area (Å²) in [6, 6.07) is 5.38. The second-order valence-electron chi connectivity index (χ2n) is 10.9. The van der Waals surface area contributed by atoms with Crippen molar-refractivity contribution < 1.29 is 27.6 Å². The molecule has 3 aromatic rings. The monoisotopic (exact) mass is 588 g/mol. The molecule has 226 valence electrons. The molecule has 1 N–H and O–H groups in total. The number of nitro groups is 1. The zero-order valence-corrected chi connectivity index (χ0v) is 23.9. The Morgan fingerprint density at radius 3 is 2.33 bits per heavy atom. The molecular formula is C29H35F3N6O4. The highest BCUT2D eigenvalue weighted by atomic mass is 19.4. The van der Waals surface area contributed by atoms with Crippen LogP contribution in [-0.2, 0) is 6.18 Å². The van der Waals surface area contributed by atoms with Crippen LogP contribution in [0, 0.1) is 17.0 Å². The Hall–Kier alpha value is -3.71. The van der Waals surface area contributed by atoms with Gasteiger partial charge in [-0.25, -0.2) is 20.0 Å². The maximum atomic E-state index is 13.5. The smallest absolute Gasteiger partial charge is 0.416 e. The number of methoxy groups -OCH3 is 1. The molecule has 10 nitrogen and oxygen atoms in total. The molecule has 2 aliphatic rings. The van der Waals surface area contributed by atoms with Gasteiger partial charge in [0.05, 0.1) is 29.2 Å². The van der Waals surface area contributed by atoms with E-state index in [0.717, 1.165) is 51.2 Å². The number of nitrogens with zero attached hydrogens (tertiary/aromatic N) is 5. The zero-order valence-electron chi connectivity index (χ0n) is 23.9. The van der Waals surface area contributed by atoms with Gasteiger partial charge in [-0.15, -0.1) is 0 Å². The van der Waals surface area contributed by atoms with Crippen LogP contribution < -0.4 is 14.8 Å². The van der Waals surface area contributed by atoms with Crippen molar-refractivity contribution in [2.45, 2.75) is 64.3 Å². The second kappa shape index (κ2) is 12.3. The fourth-order valence-electron chi connectivity index (χ4n) is 5.64. The molecule has 0 aliphatic carbocycles. The molecule has 2 aromatic carbocycles. The number of nitrogens with one attached hydrogen (secondary N) is 1. The van der Waals surface area contributed by atoms with Crippen molar-refractivity contribution in [3.05, 3.63) is 57.4 Å². The lowest BCUT2D eigenvalue weighted by molar-refractivity contribution is -0.385. The predicted octanol–water partition coefficient (Wildman–Crippen LogP) is 6.29. The summed E-state index contributed by atoms with van der Waals surface area (Å²) in [5.41, 5.74) is -1.05. The van der Waals surface area contributed by atoms with Crippen molar-refractivity contribution in [1.29, 1.82) is 0 Å². The summed E-state index contributed by atoms with van der Waals surface area (Å²) in [6.07, 6.45) is 0.724. The van der Waals surface area contributed by atoms with E-state index in [9.17, 15) is 23.3 Å². The van der Waals surface area contributed by atoms with Gasteiger partial charge >= 0.3 is 6.18 Å². The first-order valence-corrected chi connectivity index (χ1v) is 14.2. The zero-order chi connectivity index (χ0) is 30.0. The predicted molar refractivity (Wildman–Crippen MR) is 152 cm³/mol. The maximum Gasteiger partial charge on any atom is 0.416 e. The number of halogens is 3. The van der Waals surface area contributed by atoms with Gasteiger partial charge in [-0.1, -0.05) is 6.42 Å². The van der Waals surface area contributed by atoms with E-state index in [0.29, 0.717) is 40.1 Å². The fraction of sp³-hybridized carbons (Fsp3) is 0.517. The molecule has 0 spiro atoms. The summed E-state index contributed by atoms with van der Waals surface area (Å²) in [5.74, 6) is 1.86. The normalized spacial score (nSPS) is 18.1. The van der Waals surface area contributed by atoms with Crippen LogP contribution in [0.5, 0.6) is 11.5 Å². The highest BCUT2D eigenvalue weighted by Crippen LogP contribution is 2.38. The topological polar surface area (TPSA) is 106 Å². The number of aromatic nitrogens is 2. The summed E-state index contributed by atoms with van der Waals surface area (Å²) in [6.45, 7) is 7.36. The number of rotatable bonds is 8. The number of hydrogen-bond donors (Lipinski definition) is 1. The summed E-state index contributed by atoms with van der Waals surface area (Å²) in [4.78, 5) is 19.6. The van der Waals surface area contributed by atoms with Gasteiger partial charge in [-0.2, -0.15) is 13.2 Å². The van der Waals surface area contributed by atoms with E-state index in [1.807, 2.05) is 0 Å². The Labute approximate surface area is 241 Å². The molecule has 0 unspecified atom stereocenters. The van der Waals surface area contributed by atoms with Crippen LogP contribution in [0.15, 0.2) is 30.3 Å². The minimum atomic E-state index is -4.73. The molecule has 3 heterocycles. The number of piperidine rings is 2. The molecule has 42 heavy (non-hydrogen) atoms. The van der Waals surface area contributed by atoms with E-state index < -0.39 is 28.4 Å². The number of hydrogen-bond acceptors (Lipinski definition) is 9. The number of non-ortho nitro benzene ring substituents is 1. The first-order chi connectivity index (χ1) is 20.0. The Morgan fingerprint density at radius 2 is 1.69 bits per heavy atom. The fourth-order valence-corrected chi connectivity index (χ4v) is 5.64. The van der Waals surface area contributed by atoms with Crippen molar-refractivity contribution in [1.82, 2.24) is 20.0 Å². The summed E-state index contributed by atoms with van der Waals surface area (Å²) >= 11 is 0. The van der Waals surface area contributed by atoms with Crippen molar-refractivity contribution >= 4 is 22.4 Å². The van der Waals surface area contributed by atoms with E-state index in [1.165, 1.54) is 19.3 Å². The third-order valence-electron chi connectivity index (χ3n) is 7.87. The molecule has 0 amide bonds. The average molecular weight is 589 g/mol. The molecule has 1 aromatic heterocycles. The number of alkyl halides is 3. The number of anilines is 1. The molecule has 2 fully saturated rings. The van der Waals surface area contributed by atoms with E-state index in [-0.39, 0.29) is 11.7 Å². The van der Waals surface area contributed by atoms with Gasteiger partial charge < -0.3 is 14.8 Å². The van der Waals surface area contributed by atoms with Crippen molar-refractivity contribution in [2.24, 2.45) is 0 Å². The third-order valence-corrected chi connectivity index (χ3v) is 7.87. The van der Waals surface area contributed by atoms with Crippen LogP contribution in [0.25, 0.3) is 10.9 Å². The molecule has 5 rings (SSSR count). The molecule has 2 aliphatic heterocycles. The van der Waals surface area contributed by atoms with Crippen molar-refractivity contribution in [2.75, 3.05) is 38.6 Å². The van der Waals surface area contributed by atoms with Crippen LogP contribution >= 0.6 is 0 Å². The van der Waals surface area contributed by atoms with Crippen molar-refractivity contribution in [3.63, 3.8) is 0 Å². The molecule has 13 heteroatoms. The number of ether oxygens (including phenoxy) is 2. The molecule has 2 saturated heterocycles. The molecule has 0 radical (unpaired) electrons. The van der Waals surface area contributed by atoms with E-state index in [4.69, 9.17) is 9.47 Å². The minimum absolute atomic E-state index is 0.00949. The Balaban J connectivity index is 1.40. The van der Waals surface area contributed by atoms with Gasteiger partial charge in [0.1, 0.15) is 17.7 Å². The summed E-state index contributed by atoms with van der Waals surface area (Å²) in [7, 11) is 1.56. The van der Waals surface area contributed by atoms with Gasteiger partial charge in [0, 0.05) is 49.8 Å². The average Bonchev–Trinajstić information content (AvgIpc) is 2.97. The highest BCUT2D eigenvalue weighted by molar-refractivity contribution is 5.92. The van der Waals surface area contributed by atoms with Crippen LogP contribution in [0.4, 0.5) is 24.7 Å². The van der Waals surface area contributed by atoms with Gasteiger partial charge in [0.2, 0.25) is 0 Å². The van der Waals surface area contributed by atoms with Gasteiger partial charge in [0.15, 0.2) is 11.5 Å². The van der Waals surface area contributed by atoms with Gasteiger partial charge in [0.25, 0.3) is 5.69 Å². The second-order valence-corrected chi connectivity index (χ2v) is 10.9. The van der Waals surface area contributed by atoms with Crippen LogP contribution in [0.3, 0.4) is 0 Å². The molecule has 0 bridgehead atoms. The first kappa shape index (κ1) is 29.8. The largest absolute Gasteiger partial charge is 0.493 e. The number of hydrazine groups is 1. The van der Waals surface area contributed by atoms with Crippen LogP contribution in [-0.4, -0.2) is 64.3 Å². The summed E-state index contributed by atoms with van der Waals surface area (Å²) < 4.78 is 52.5. The summed E-state index contributed by atoms with van der Waals surface area (Å²) in [5, 5.41) is 20.0. The lowest BCUT2D eigenvalue weighted by Gasteiger charge is -2.41. The standard InChI is InChI=1S/C29H35F3N6O4/c1-18(20-13-21(29(30,31)32)15-22(14-20)38(39)40)33-28-24-16-27(26(41-3)17-25(24)34-19(2)35-28)42-23-7-11-37(12-8-23)36-9-5-4-6-10-36/h13-18,23H,4-12H2,1-3H3,(H,33,34,35)/t18-/m1/s1.